The molecule has 0 bridgehead atoms. The predicted octanol–water partition coefficient (Wildman–Crippen LogP) is 2.28. The molecule has 122 valence electrons. The Labute approximate surface area is 135 Å². The van der Waals surface area contributed by atoms with E-state index >= 15 is 0 Å². The maximum Gasteiger partial charge on any atom is 0.261 e. The van der Waals surface area contributed by atoms with Gasteiger partial charge in [-0.05, 0) is 24.1 Å². The molecule has 0 saturated carbocycles. The number of benzene rings is 1. The Morgan fingerprint density at radius 3 is 2.48 bits per heavy atom. The average Bonchev–Trinajstić information content (AvgIpc) is 2.58. The number of hydrogen-bond acceptors (Lipinski definition) is 3. The standard InChI is InChI=1S/C18H22N2O3/c1-2-3-11-20(12-13-21)18(23)15-9-10-16(19-17(15)22)14-7-5-4-6-8-14/h4-10,21H,2-3,11-13H2,1H3,(H,19,22). The zero-order chi connectivity index (χ0) is 16.7. The van der Waals surface area contributed by atoms with Crippen LogP contribution in [0.5, 0.6) is 0 Å². The quantitative estimate of drug-likeness (QED) is 0.823. The molecule has 5 heteroatoms. The van der Waals surface area contributed by atoms with Crippen LogP contribution in [0.1, 0.15) is 30.1 Å². The van der Waals surface area contributed by atoms with Crippen LogP contribution >= 0.6 is 0 Å². The minimum Gasteiger partial charge on any atom is -0.395 e. The topological polar surface area (TPSA) is 73.4 Å². The summed E-state index contributed by atoms with van der Waals surface area (Å²) in [6.45, 7) is 2.69. The number of carbonyl (C=O) groups excluding carboxylic acids is 1. The first kappa shape index (κ1) is 17.0. The highest BCUT2D eigenvalue weighted by Gasteiger charge is 2.18. The summed E-state index contributed by atoms with van der Waals surface area (Å²) in [5, 5.41) is 9.11. The van der Waals surface area contributed by atoms with E-state index in [9.17, 15) is 9.59 Å². The molecule has 1 amide bonds. The van der Waals surface area contributed by atoms with Crippen molar-refractivity contribution in [1.82, 2.24) is 9.88 Å². The molecule has 23 heavy (non-hydrogen) atoms. The third-order valence-corrected chi connectivity index (χ3v) is 3.66. The van der Waals surface area contributed by atoms with Gasteiger partial charge in [0.1, 0.15) is 5.56 Å². The fourth-order valence-electron chi connectivity index (χ4n) is 2.38. The summed E-state index contributed by atoms with van der Waals surface area (Å²) in [7, 11) is 0. The number of unbranched alkanes of at least 4 members (excludes halogenated alkanes) is 1. The summed E-state index contributed by atoms with van der Waals surface area (Å²) >= 11 is 0. The normalized spacial score (nSPS) is 10.5. The second-order valence-corrected chi connectivity index (χ2v) is 5.35. The van der Waals surface area contributed by atoms with Gasteiger partial charge in [0, 0.05) is 18.8 Å². The van der Waals surface area contributed by atoms with Crippen molar-refractivity contribution < 1.29 is 9.90 Å². The van der Waals surface area contributed by atoms with Crippen molar-refractivity contribution in [3.63, 3.8) is 0 Å². The van der Waals surface area contributed by atoms with E-state index in [0.29, 0.717) is 12.2 Å². The Morgan fingerprint density at radius 2 is 1.87 bits per heavy atom. The number of H-pyrrole nitrogens is 1. The van der Waals surface area contributed by atoms with E-state index in [1.54, 1.807) is 12.1 Å². The molecule has 0 aliphatic heterocycles. The molecule has 2 rings (SSSR count). The van der Waals surface area contributed by atoms with Crippen LogP contribution in [0.25, 0.3) is 11.3 Å². The number of nitrogens with one attached hydrogen (secondary N) is 1. The lowest BCUT2D eigenvalue weighted by Gasteiger charge is -2.21. The summed E-state index contributed by atoms with van der Waals surface area (Å²) in [4.78, 5) is 29.1. The lowest BCUT2D eigenvalue weighted by Crippen LogP contribution is -2.37. The molecule has 2 aromatic rings. The van der Waals surface area contributed by atoms with Gasteiger partial charge in [-0.15, -0.1) is 0 Å². The van der Waals surface area contributed by atoms with Crippen molar-refractivity contribution in [2.75, 3.05) is 19.7 Å². The minimum atomic E-state index is -0.407. The van der Waals surface area contributed by atoms with Crippen LogP contribution in [0.2, 0.25) is 0 Å². The Morgan fingerprint density at radius 1 is 1.13 bits per heavy atom. The van der Waals surface area contributed by atoms with Crippen LogP contribution in [0, 0.1) is 0 Å². The van der Waals surface area contributed by atoms with Crippen LogP contribution in [0.3, 0.4) is 0 Å². The van der Waals surface area contributed by atoms with Gasteiger partial charge in [-0.3, -0.25) is 9.59 Å². The molecule has 0 atom stereocenters. The van der Waals surface area contributed by atoms with Gasteiger partial charge in [0.25, 0.3) is 11.5 Å². The molecule has 0 spiro atoms. The first-order valence-electron chi connectivity index (χ1n) is 7.86. The largest absolute Gasteiger partial charge is 0.395 e. The molecule has 1 aromatic heterocycles. The Balaban J connectivity index is 2.25. The number of nitrogens with zero attached hydrogens (tertiary/aromatic N) is 1. The smallest absolute Gasteiger partial charge is 0.261 e. The van der Waals surface area contributed by atoms with E-state index in [-0.39, 0.29) is 24.6 Å². The van der Waals surface area contributed by atoms with Crippen molar-refractivity contribution in [3.8, 4) is 11.3 Å². The van der Waals surface area contributed by atoms with E-state index in [1.165, 1.54) is 4.90 Å². The van der Waals surface area contributed by atoms with Crippen molar-refractivity contribution >= 4 is 5.91 Å². The molecular weight excluding hydrogens is 292 g/mol. The van der Waals surface area contributed by atoms with Crippen LogP contribution < -0.4 is 5.56 Å². The zero-order valence-electron chi connectivity index (χ0n) is 13.3. The second-order valence-electron chi connectivity index (χ2n) is 5.35. The highest BCUT2D eigenvalue weighted by atomic mass is 16.3. The van der Waals surface area contributed by atoms with Crippen LogP contribution in [-0.2, 0) is 0 Å². The summed E-state index contributed by atoms with van der Waals surface area (Å²) in [5.41, 5.74) is 1.27. The second kappa shape index (κ2) is 8.29. The monoisotopic (exact) mass is 314 g/mol. The van der Waals surface area contributed by atoms with Crippen molar-refractivity contribution in [3.05, 3.63) is 58.4 Å². The molecule has 0 saturated heterocycles. The third-order valence-electron chi connectivity index (χ3n) is 3.66. The molecule has 0 unspecified atom stereocenters. The number of aromatic nitrogens is 1. The number of carbonyl (C=O) groups is 1. The number of aliphatic hydroxyl groups is 1. The number of aliphatic hydroxyl groups excluding tert-OH is 1. The van der Waals surface area contributed by atoms with Gasteiger partial charge >= 0.3 is 0 Å². The molecule has 5 nitrogen and oxygen atoms in total. The first-order valence-corrected chi connectivity index (χ1v) is 7.86. The zero-order valence-corrected chi connectivity index (χ0v) is 13.3. The van der Waals surface area contributed by atoms with Gasteiger partial charge in [-0.2, -0.15) is 0 Å². The lowest BCUT2D eigenvalue weighted by atomic mass is 10.1. The first-order chi connectivity index (χ1) is 11.2. The maximum absolute atomic E-state index is 12.5. The highest BCUT2D eigenvalue weighted by molar-refractivity contribution is 5.94. The van der Waals surface area contributed by atoms with E-state index in [0.717, 1.165) is 18.4 Å². The van der Waals surface area contributed by atoms with Gasteiger partial charge in [0.2, 0.25) is 0 Å². The van der Waals surface area contributed by atoms with Gasteiger partial charge in [0.15, 0.2) is 0 Å². The highest BCUT2D eigenvalue weighted by Crippen LogP contribution is 2.15. The van der Waals surface area contributed by atoms with E-state index in [2.05, 4.69) is 4.98 Å². The fraction of sp³-hybridized carbons (Fsp3) is 0.333. The number of hydrogen-bond donors (Lipinski definition) is 2. The average molecular weight is 314 g/mol. The molecule has 0 radical (unpaired) electrons. The van der Waals surface area contributed by atoms with Gasteiger partial charge < -0.3 is 15.0 Å². The van der Waals surface area contributed by atoms with Gasteiger partial charge in [-0.25, -0.2) is 0 Å². The lowest BCUT2D eigenvalue weighted by molar-refractivity contribution is 0.0717. The maximum atomic E-state index is 12.5. The number of pyridine rings is 1. The molecule has 2 N–H and O–H groups in total. The number of aromatic amines is 1. The summed E-state index contributed by atoms with van der Waals surface area (Å²) in [6, 6.07) is 12.8. The minimum absolute atomic E-state index is 0.106. The number of rotatable bonds is 7. The Hall–Kier alpha value is -2.40. The Kier molecular flexibility index (Phi) is 6.11. The fourth-order valence-corrected chi connectivity index (χ4v) is 2.38. The van der Waals surface area contributed by atoms with Crippen LogP contribution in [-0.4, -0.2) is 40.6 Å². The molecule has 1 heterocycles. The number of amides is 1. The molecule has 1 aromatic carbocycles. The molecular formula is C18H22N2O3. The predicted molar refractivity (Wildman–Crippen MR) is 90.4 cm³/mol. The van der Waals surface area contributed by atoms with E-state index < -0.39 is 5.56 Å². The van der Waals surface area contributed by atoms with E-state index in [4.69, 9.17) is 5.11 Å². The van der Waals surface area contributed by atoms with E-state index in [1.807, 2.05) is 37.3 Å². The summed E-state index contributed by atoms with van der Waals surface area (Å²) in [5.74, 6) is -0.339. The van der Waals surface area contributed by atoms with Crippen molar-refractivity contribution in [2.24, 2.45) is 0 Å². The SMILES string of the molecule is CCCCN(CCO)C(=O)c1ccc(-c2ccccc2)[nH]c1=O. The van der Waals surface area contributed by atoms with Crippen molar-refractivity contribution in [1.29, 1.82) is 0 Å². The molecule has 0 fully saturated rings. The van der Waals surface area contributed by atoms with Gasteiger partial charge in [0.05, 0.1) is 6.61 Å². The van der Waals surface area contributed by atoms with Crippen LogP contribution in [0.15, 0.2) is 47.3 Å². The third kappa shape index (κ3) is 4.29. The summed E-state index contributed by atoms with van der Waals surface area (Å²) < 4.78 is 0. The summed E-state index contributed by atoms with van der Waals surface area (Å²) in [6.07, 6.45) is 1.78. The van der Waals surface area contributed by atoms with Crippen molar-refractivity contribution in [2.45, 2.75) is 19.8 Å². The van der Waals surface area contributed by atoms with Crippen LogP contribution in [0.4, 0.5) is 0 Å². The van der Waals surface area contributed by atoms with Gasteiger partial charge in [-0.1, -0.05) is 43.7 Å². The Bertz CT molecular complexity index is 695. The molecule has 0 aliphatic carbocycles. The molecule has 0 aliphatic rings.